The van der Waals surface area contributed by atoms with Gasteiger partial charge < -0.3 is 20.4 Å². The molecule has 3 unspecified atom stereocenters. The molecular weight excluding hydrogens is 308 g/mol. The Kier molecular flexibility index (Phi) is 6.53. The second kappa shape index (κ2) is 7.94. The number of hydrogen-bond acceptors (Lipinski definition) is 4. The molecule has 1 rings (SSSR count). The van der Waals surface area contributed by atoms with E-state index in [4.69, 9.17) is 20.4 Å². The van der Waals surface area contributed by atoms with Crippen molar-refractivity contribution in [2.24, 2.45) is 29.6 Å². The average molecular weight is 330 g/mol. The Bertz CT molecular complexity index is 458. The molecule has 1 aliphatic carbocycles. The number of carboxylic acids is 4. The zero-order valence-electron chi connectivity index (χ0n) is 12.8. The van der Waals surface area contributed by atoms with E-state index in [9.17, 15) is 19.2 Å². The molecule has 8 heteroatoms. The third-order valence-electron chi connectivity index (χ3n) is 4.67. The van der Waals surface area contributed by atoms with Crippen LogP contribution in [0.5, 0.6) is 0 Å². The van der Waals surface area contributed by atoms with Crippen LogP contribution in [0.1, 0.15) is 39.0 Å². The summed E-state index contributed by atoms with van der Waals surface area (Å²) in [6.07, 6.45) is 1.74. The van der Waals surface area contributed by atoms with E-state index in [-0.39, 0.29) is 30.6 Å². The van der Waals surface area contributed by atoms with Crippen LogP contribution in [0.4, 0.5) is 0 Å². The highest BCUT2D eigenvalue weighted by molar-refractivity contribution is 5.93. The molecule has 0 aromatic carbocycles. The third kappa shape index (κ3) is 5.22. The molecule has 1 saturated carbocycles. The van der Waals surface area contributed by atoms with Crippen molar-refractivity contribution in [1.82, 2.24) is 0 Å². The predicted molar refractivity (Wildman–Crippen MR) is 76.8 cm³/mol. The van der Waals surface area contributed by atoms with Gasteiger partial charge in [0, 0.05) is 0 Å². The van der Waals surface area contributed by atoms with Gasteiger partial charge in [-0.05, 0) is 43.4 Å². The minimum atomic E-state index is -1.55. The number of hydrogen-bond donors (Lipinski definition) is 4. The van der Waals surface area contributed by atoms with E-state index in [2.05, 4.69) is 0 Å². The molecule has 3 atom stereocenters. The highest BCUT2D eigenvalue weighted by Crippen LogP contribution is 2.40. The van der Waals surface area contributed by atoms with Crippen LogP contribution in [0.2, 0.25) is 0 Å². The Labute approximate surface area is 133 Å². The second-order valence-corrected chi connectivity index (χ2v) is 6.37. The normalized spacial score (nSPS) is 24.6. The first kappa shape index (κ1) is 18.9. The first-order chi connectivity index (χ1) is 10.6. The molecule has 0 saturated heterocycles. The summed E-state index contributed by atoms with van der Waals surface area (Å²) in [4.78, 5) is 44.3. The summed E-state index contributed by atoms with van der Waals surface area (Å²) < 4.78 is 0. The highest BCUT2D eigenvalue weighted by atomic mass is 16.4. The van der Waals surface area contributed by atoms with Crippen molar-refractivity contribution in [3.05, 3.63) is 0 Å². The number of carbonyl (C=O) groups is 4. The van der Waals surface area contributed by atoms with Crippen LogP contribution in [0.15, 0.2) is 0 Å². The Morgan fingerprint density at radius 3 is 1.57 bits per heavy atom. The van der Waals surface area contributed by atoms with Gasteiger partial charge in [-0.25, -0.2) is 0 Å². The maximum Gasteiger partial charge on any atom is 0.317 e. The lowest BCUT2D eigenvalue weighted by atomic mass is 9.68. The molecule has 0 radical (unpaired) electrons. The van der Waals surface area contributed by atoms with E-state index in [1.165, 1.54) is 0 Å². The molecule has 8 nitrogen and oxygen atoms in total. The lowest BCUT2D eigenvalue weighted by molar-refractivity contribution is -0.159. The van der Waals surface area contributed by atoms with Gasteiger partial charge in [0.05, 0.1) is 0 Å². The smallest absolute Gasteiger partial charge is 0.317 e. The second-order valence-electron chi connectivity index (χ2n) is 6.37. The SMILES string of the molecule is CC1CCC(CC(C(=O)O)C(=O)O)C(CC(C(=O)O)C(=O)O)C1. The van der Waals surface area contributed by atoms with Crippen molar-refractivity contribution in [3.63, 3.8) is 0 Å². The Morgan fingerprint density at radius 1 is 0.783 bits per heavy atom. The molecule has 0 amide bonds. The van der Waals surface area contributed by atoms with Gasteiger partial charge in [-0.3, -0.25) is 19.2 Å². The van der Waals surface area contributed by atoms with Gasteiger partial charge in [-0.15, -0.1) is 0 Å². The summed E-state index contributed by atoms with van der Waals surface area (Å²) >= 11 is 0. The number of carboxylic acid groups (broad SMARTS) is 4. The summed E-state index contributed by atoms with van der Waals surface area (Å²) in [7, 11) is 0. The van der Waals surface area contributed by atoms with E-state index in [0.29, 0.717) is 12.8 Å². The largest absolute Gasteiger partial charge is 0.481 e. The molecule has 0 aromatic rings. The molecule has 4 N–H and O–H groups in total. The minimum absolute atomic E-state index is 0.103. The van der Waals surface area contributed by atoms with Gasteiger partial charge >= 0.3 is 23.9 Å². The summed E-state index contributed by atoms with van der Waals surface area (Å²) in [5, 5.41) is 36.0. The average Bonchev–Trinajstić information content (AvgIpc) is 2.42. The Hall–Kier alpha value is -2.12. The van der Waals surface area contributed by atoms with Crippen molar-refractivity contribution in [2.75, 3.05) is 0 Å². The number of aliphatic carboxylic acids is 4. The molecule has 1 fully saturated rings. The maximum absolute atomic E-state index is 11.1. The van der Waals surface area contributed by atoms with E-state index in [0.717, 1.165) is 6.42 Å². The summed E-state index contributed by atoms with van der Waals surface area (Å²) in [5.41, 5.74) is 0. The van der Waals surface area contributed by atoms with E-state index in [1.54, 1.807) is 0 Å². The Morgan fingerprint density at radius 2 is 1.17 bits per heavy atom. The van der Waals surface area contributed by atoms with Crippen LogP contribution in [-0.4, -0.2) is 44.3 Å². The van der Waals surface area contributed by atoms with E-state index >= 15 is 0 Å². The van der Waals surface area contributed by atoms with Crippen molar-refractivity contribution in [1.29, 1.82) is 0 Å². The zero-order valence-corrected chi connectivity index (χ0v) is 12.8. The van der Waals surface area contributed by atoms with Crippen LogP contribution in [0, 0.1) is 29.6 Å². The summed E-state index contributed by atoms with van der Waals surface area (Å²) in [6.45, 7) is 1.96. The van der Waals surface area contributed by atoms with E-state index in [1.807, 2.05) is 6.92 Å². The van der Waals surface area contributed by atoms with Gasteiger partial charge in [-0.1, -0.05) is 13.3 Å². The van der Waals surface area contributed by atoms with Crippen molar-refractivity contribution < 1.29 is 39.6 Å². The lowest BCUT2D eigenvalue weighted by Crippen LogP contribution is -2.35. The fourth-order valence-corrected chi connectivity index (χ4v) is 3.38. The molecule has 0 aliphatic heterocycles. The van der Waals surface area contributed by atoms with E-state index < -0.39 is 35.7 Å². The van der Waals surface area contributed by atoms with Gasteiger partial charge in [0.25, 0.3) is 0 Å². The monoisotopic (exact) mass is 330 g/mol. The minimum Gasteiger partial charge on any atom is -0.481 e. The summed E-state index contributed by atoms with van der Waals surface area (Å²) in [5.74, 6) is -9.16. The fraction of sp³-hybridized carbons (Fsp3) is 0.733. The van der Waals surface area contributed by atoms with Crippen LogP contribution < -0.4 is 0 Å². The van der Waals surface area contributed by atoms with Crippen molar-refractivity contribution in [3.8, 4) is 0 Å². The molecule has 0 spiro atoms. The zero-order chi connectivity index (χ0) is 17.7. The van der Waals surface area contributed by atoms with Crippen LogP contribution >= 0.6 is 0 Å². The third-order valence-corrected chi connectivity index (χ3v) is 4.67. The topological polar surface area (TPSA) is 149 Å². The van der Waals surface area contributed by atoms with Crippen molar-refractivity contribution in [2.45, 2.75) is 39.0 Å². The van der Waals surface area contributed by atoms with Crippen molar-refractivity contribution >= 4 is 23.9 Å². The first-order valence-electron chi connectivity index (χ1n) is 7.54. The van der Waals surface area contributed by atoms with Crippen LogP contribution in [-0.2, 0) is 19.2 Å². The molecule has 0 heterocycles. The molecule has 0 bridgehead atoms. The maximum atomic E-state index is 11.1. The number of rotatable bonds is 8. The van der Waals surface area contributed by atoms with Crippen LogP contribution in [0.3, 0.4) is 0 Å². The first-order valence-corrected chi connectivity index (χ1v) is 7.54. The standard InChI is InChI=1S/C15H22O8/c1-7-2-3-8(5-10(12(16)17)13(18)19)9(4-7)6-11(14(20)21)15(22)23/h7-11H,2-6H2,1H3,(H,16,17)(H,18,19)(H,20,21)(H,22,23). The molecule has 130 valence electrons. The molecule has 23 heavy (non-hydrogen) atoms. The highest BCUT2D eigenvalue weighted by Gasteiger charge is 2.39. The fourth-order valence-electron chi connectivity index (χ4n) is 3.38. The molecule has 0 aromatic heterocycles. The molecule has 1 aliphatic rings. The lowest BCUT2D eigenvalue weighted by Gasteiger charge is -2.36. The molecular formula is C15H22O8. The van der Waals surface area contributed by atoms with Crippen LogP contribution in [0.25, 0.3) is 0 Å². The quantitative estimate of drug-likeness (QED) is 0.488. The van der Waals surface area contributed by atoms with Gasteiger partial charge in [0.15, 0.2) is 11.8 Å². The predicted octanol–water partition coefficient (Wildman–Crippen LogP) is 1.39. The van der Waals surface area contributed by atoms with Gasteiger partial charge in [-0.2, -0.15) is 0 Å². The van der Waals surface area contributed by atoms with Gasteiger partial charge in [0.1, 0.15) is 0 Å². The van der Waals surface area contributed by atoms with Gasteiger partial charge in [0.2, 0.25) is 0 Å². The summed E-state index contributed by atoms with van der Waals surface area (Å²) in [6, 6.07) is 0. The Balaban J connectivity index is 2.90.